The lowest BCUT2D eigenvalue weighted by atomic mass is 10.2. The minimum atomic E-state index is -1.02. The van der Waals surface area contributed by atoms with Crippen LogP contribution >= 0.6 is 0 Å². The van der Waals surface area contributed by atoms with Crippen LogP contribution in [0.5, 0.6) is 5.75 Å². The molecular weight excluding hydrogens is 372 g/mol. The summed E-state index contributed by atoms with van der Waals surface area (Å²) in [6.45, 7) is 2.72. The van der Waals surface area contributed by atoms with Gasteiger partial charge in [0.15, 0.2) is 6.10 Å². The maximum absolute atomic E-state index is 12.3. The van der Waals surface area contributed by atoms with E-state index in [9.17, 15) is 9.59 Å². The molecule has 0 bridgehead atoms. The number of nitrogens with one attached hydrogen (secondary N) is 1. The molecule has 0 radical (unpaired) electrons. The molecule has 7 nitrogen and oxygen atoms in total. The molecule has 1 N–H and O–H groups in total. The SMILES string of the molecule is C[C@H](OC(=O)c1ccc(OC[C@H]2CCCO2)cc1)C(=O)Nc1ccccc1C#N. The maximum atomic E-state index is 12.3. The molecule has 2 atom stereocenters. The van der Waals surface area contributed by atoms with Crippen LogP contribution in [0.15, 0.2) is 48.5 Å². The van der Waals surface area contributed by atoms with Crippen molar-refractivity contribution >= 4 is 17.6 Å². The predicted molar refractivity (Wildman–Crippen MR) is 106 cm³/mol. The molecule has 150 valence electrons. The number of hydrogen-bond donors (Lipinski definition) is 1. The van der Waals surface area contributed by atoms with Crippen LogP contribution in [0.25, 0.3) is 0 Å². The van der Waals surface area contributed by atoms with E-state index < -0.39 is 18.0 Å². The quantitative estimate of drug-likeness (QED) is 0.724. The number of amides is 1. The van der Waals surface area contributed by atoms with E-state index in [1.54, 1.807) is 48.5 Å². The van der Waals surface area contributed by atoms with Crippen LogP contribution < -0.4 is 10.1 Å². The Morgan fingerprint density at radius 1 is 1.24 bits per heavy atom. The summed E-state index contributed by atoms with van der Waals surface area (Å²) >= 11 is 0. The second-order valence-electron chi connectivity index (χ2n) is 6.66. The number of carbonyl (C=O) groups is 2. The number of anilines is 1. The second kappa shape index (κ2) is 9.71. The lowest BCUT2D eigenvalue weighted by molar-refractivity contribution is -0.123. The number of benzene rings is 2. The molecule has 3 rings (SSSR count). The summed E-state index contributed by atoms with van der Waals surface area (Å²) in [5, 5.41) is 11.7. The maximum Gasteiger partial charge on any atom is 0.338 e. The summed E-state index contributed by atoms with van der Waals surface area (Å²) < 4.78 is 16.4. The van der Waals surface area contributed by atoms with Gasteiger partial charge in [0, 0.05) is 6.61 Å². The van der Waals surface area contributed by atoms with Gasteiger partial charge in [0.25, 0.3) is 5.91 Å². The minimum absolute atomic E-state index is 0.116. The van der Waals surface area contributed by atoms with Gasteiger partial charge in [-0.2, -0.15) is 5.26 Å². The van der Waals surface area contributed by atoms with Crippen molar-refractivity contribution in [2.24, 2.45) is 0 Å². The summed E-state index contributed by atoms with van der Waals surface area (Å²) in [6, 6.07) is 15.1. The Balaban J connectivity index is 1.52. The zero-order valence-corrected chi connectivity index (χ0v) is 16.1. The number of esters is 1. The van der Waals surface area contributed by atoms with Gasteiger partial charge in [-0.05, 0) is 56.2 Å². The highest BCUT2D eigenvalue weighted by Gasteiger charge is 2.20. The second-order valence-corrected chi connectivity index (χ2v) is 6.66. The van der Waals surface area contributed by atoms with Crippen molar-refractivity contribution < 1.29 is 23.8 Å². The number of rotatable bonds is 7. The van der Waals surface area contributed by atoms with Crippen LogP contribution in [-0.4, -0.2) is 37.3 Å². The molecule has 0 saturated carbocycles. The molecule has 0 spiro atoms. The van der Waals surface area contributed by atoms with Crippen LogP contribution in [0.4, 0.5) is 5.69 Å². The van der Waals surface area contributed by atoms with Crippen molar-refractivity contribution in [1.29, 1.82) is 5.26 Å². The van der Waals surface area contributed by atoms with Gasteiger partial charge in [-0.3, -0.25) is 4.79 Å². The van der Waals surface area contributed by atoms with Crippen LogP contribution in [0, 0.1) is 11.3 Å². The molecule has 7 heteroatoms. The van der Waals surface area contributed by atoms with Crippen LogP contribution in [0.1, 0.15) is 35.7 Å². The predicted octanol–water partition coefficient (Wildman–Crippen LogP) is 3.30. The Morgan fingerprint density at radius 2 is 2.00 bits per heavy atom. The summed E-state index contributed by atoms with van der Waals surface area (Å²) in [4.78, 5) is 24.6. The zero-order chi connectivity index (χ0) is 20.6. The van der Waals surface area contributed by atoms with Crippen LogP contribution in [-0.2, 0) is 14.3 Å². The Bertz CT molecular complexity index is 898. The molecule has 0 unspecified atom stereocenters. The fraction of sp³-hybridized carbons (Fsp3) is 0.318. The highest BCUT2D eigenvalue weighted by Crippen LogP contribution is 2.18. The van der Waals surface area contributed by atoms with Crippen molar-refractivity contribution in [3.8, 4) is 11.8 Å². The normalized spacial score (nSPS) is 16.5. The number of carbonyl (C=O) groups excluding carboxylic acids is 2. The average molecular weight is 394 g/mol. The highest BCUT2D eigenvalue weighted by molar-refractivity contribution is 5.98. The molecule has 1 fully saturated rings. The van der Waals surface area contributed by atoms with E-state index in [1.165, 1.54) is 6.92 Å². The van der Waals surface area contributed by atoms with E-state index in [0.29, 0.717) is 29.2 Å². The molecule has 1 heterocycles. The van der Waals surface area contributed by atoms with Gasteiger partial charge in [-0.25, -0.2) is 4.79 Å². The molecule has 29 heavy (non-hydrogen) atoms. The third-order valence-electron chi connectivity index (χ3n) is 4.51. The first-order valence-electron chi connectivity index (χ1n) is 9.42. The van der Waals surface area contributed by atoms with Gasteiger partial charge in [0.05, 0.1) is 22.9 Å². The number of para-hydroxylation sites is 1. The van der Waals surface area contributed by atoms with Crippen molar-refractivity contribution in [2.75, 3.05) is 18.5 Å². The van der Waals surface area contributed by atoms with Gasteiger partial charge in [0.1, 0.15) is 18.4 Å². The van der Waals surface area contributed by atoms with Crippen LogP contribution in [0.2, 0.25) is 0 Å². The lowest BCUT2D eigenvalue weighted by Gasteiger charge is -2.14. The van der Waals surface area contributed by atoms with E-state index >= 15 is 0 Å². The van der Waals surface area contributed by atoms with Gasteiger partial charge in [-0.1, -0.05) is 12.1 Å². The van der Waals surface area contributed by atoms with Crippen molar-refractivity contribution in [1.82, 2.24) is 0 Å². The molecule has 1 saturated heterocycles. The zero-order valence-electron chi connectivity index (χ0n) is 16.1. The number of nitriles is 1. The molecule has 0 aliphatic carbocycles. The standard InChI is InChI=1S/C22H22N2O5/c1-15(21(25)24-20-7-3-2-5-17(20)13-23)29-22(26)16-8-10-18(11-9-16)28-14-19-6-4-12-27-19/h2-3,5,7-11,15,19H,4,6,12,14H2,1H3,(H,24,25)/t15-,19+/m0/s1. The topological polar surface area (TPSA) is 97.7 Å². The lowest BCUT2D eigenvalue weighted by Crippen LogP contribution is -2.30. The fourth-order valence-corrected chi connectivity index (χ4v) is 2.86. The number of nitrogens with zero attached hydrogens (tertiary/aromatic N) is 1. The van der Waals surface area contributed by atoms with E-state index in [4.69, 9.17) is 19.5 Å². The van der Waals surface area contributed by atoms with Crippen molar-refractivity contribution in [3.63, 3.8) is 0 Å². The van der Waals surface area contributed by atoms with Gasteiger partial charge in [-0.15, -0.1) is 0 Å². The smallest absolute Gasteiger partial charge is 0.338 e. The number of hydrogen-bond acceptors (Lipinski definition) is 6. The molecule has 2 aromatic rings. The van der Waals surface area contributed by atoms with Crippen molar-refractivity contribution in [2.45, 2.75) is 32.0 Å². The Morgan fingerprint density at radius 3 is 2.69 bits per heavy atom. The molecular formula is C22H22N2O5. The Hall–Kier alpha value is -3.37. The monoisotopic (exact) mass is 394 g/mol. The third-order valence-corrected chi connectivity index (χ3v) is 4.51. The van der Waals surface area contributed by atoms with Gasteiger partial charge < -0.3 is 19.5 Å². The average Bonchev–Trinajstić information content (AvgIpc) is 3.26. The number of ether oxygens (including phenoxy) is 3. The Kier molecular flexibility index (Phi) is 6.82. The van der Waals surface area contributed by atoms with Crippen LogP contribution in [0.3, 0.4) is 0 Å². The first-order valence-corrected chi connectivity index (χ1v) is 9.42. The molecule has 2 aromatic carbocycles. The van der Waals surface area contributed by atoms with E-state index in [0.717, 1.165) is 19.4 Å². The molecule has 1 aliphatic heterocycles. The van der Waals surface area contributed by atoms with Gasteiger partial charge >= 0.3 is 5.97 Å². The summed E-state index contributed by atoms with van der Waals surface area (Å²) in [5.74, 6) is -0.500. The fourth-order valence-electron chi connectivity index (χ4n) is 2.86. The first kappa shape index (κ1) is 20.4. The summed E-state index contributed by atoms with van der Waals surface area (Å²) in [7, 11) is 0. The van der Waals surface area contributed by atoms with E-state index in [1.807, 2.05) is 6.07 Å². The summed E-state index contributed by atoms with van der Waals surface area (Å²) in [5.41, 5.74) is 1.01. The molecule has 0 aromatic heterocycles. The minimum Gasteiger partial charge on any atom is -0.491 e. The molecule has 1 amide bonds. The van der Waals surface area contributed by atoms with E-state index in [2.05, 4.69) is 5.32 Å². The molecule has 1 aliphatic rings. The van der Waals surface area contributed by atoms with Gasteiger partial charge in [0.2, 0.25) is 0 Å². The highest BCUT2D eigenvalue weighted by atomic mass is 16.5. The Labute approximate surface area is 169 Å². The van der Waals surface area contributed by atoms with Crippen molar-refractivity contribution in [3.05, 3.63) is 59.7 Å². The third kappa shape index (κ3) is 5.56. The largest absolute Gasteiger partial charge is 0.491 e. The first-order chi connectivity index (χ1) is 14.1. The summed E-state index contributed by atoms with van der Waals surface area (Å²) in [6.07, 6.45) is 1.13. The van der Waals surface area contributed by atoms with E-state index in [-0.39, 0.29) is 6.10 Å².